The first-order chi connectivity index (χ1) is 9.70. The van der Waals surface area contributed by atoms with Crippen molar-refractivity contribution in [3.63, 3.8) is 0 Å². The number of carbonyl (C=O) groups excluding carboxylic acids is 1. The van der Waals surface area contributed by atoms with Gasteiger partial charge in [0.05, 0.1) is 17.6 Å². The van der Waals surface area contributed by atoms with Gasteiger partial charge in [0, 0.05) is 12.6 Å². The largest absolute Gasteiger partial charge is 0.464 e. The number of aromatic nitrogens is 2. The maximum atomic E-state index is 11.9. The predicted molar refractivity (Wildman–Crippen MR) is 76.2 cm³/mol. The fourth-order valence-corrected chi connectivity index (χ4v) is 2.94. The summed E-state index contributed by atoms with van der Waals surface area (Å²) in [6.45, 7) is 2.03. The standard InChI is InChI=1S/C14H16ClN3O2/c1-20-14(19)12-13-10(15)3-2-6-18(13)11(17-12)7-9-4-5-16-8-9/h2-3,6,9,16H,4-5,7-8H2,1H3. The van der Waals surface area contributed by atoms with Gasteiger partial charge in [0.1, 0.15) is 5.82 Å². The number of fused-ring (bicyclic) bond motifs is 1. The summed E-state index contributed by atoms with van der Waals surface area (Å²) in [7, 11) is 1.35. The van der Waals surface area contributed by atoms with Gasteiger partial charge in [-0.3, -0.25) is 0 Å². The monoisotopic (exact) mass is 293 g/mol. The summed E-state index contributed by atoms with van der Waals surface area (Å²) in [5.74, 6) is 0.952. The van der Waals surface area contributed by atoms with Crippen LogP contribution in [0.5, 0.6) is 0 Å². The first-order valence-corrected chi connectivity index (χ1v) is 7.03. The van der Waals surface area contributed by atoms with Gasteiger partial charge in [-0.2, -0.15) is 0 Å². The number of carbonyl (C=O) groups is 1. The molecule has 3 heterocycles. The second-order valence-corrected chi connectivity index (χ2v) is 5.41. The van der Waals surface area contributed by atoms with Gasteiger partial charge in [0.25, 0.3) is 0 Å². The van der Waals surface area contributed by atoms with Gasteiger partial charge in [0.2, 0.25) is 0 Å². The van der Waals surface area contributed by atoms with Gasteiger partial charge in [-0.05, 0) is 37.6 Å². The van der Waals surface area contributed by atoms with Crippen LogP contribution in [0, 0.1) is 5.92 Å². The van der Waals surface area contributed by atoms with Gasteiger partial charge in [-0.15, -0.1) is 0 Å². The maximum absolute atomic E-state index is 11.9. The molecular weight excluding hydrogens is 278 g/mol. The fourth-order valence-electron chi connectivity index (χ4n) is 2.69. The third kappa shape index (κ3) is 2.27. The molecule has 20 heavy (non-hydrogen) atoms. The summed E-state index contributed by atoms with van der Waals surface area (Å²) in [4.78, 5) is 16.3. The molecule has 0 aromatic carbocycles. The molecule has 0 saturated carbocycles. The Labute approximate surface area is 121 Å². The van der Waals surface area contributed by atoms with Crippen LogP contribution in [-0.4, -0.2) is 35.6 Å². The van der Waals surface area contributed by atoms with E-state index in [1.54, 1.807) is 6.07 Å². The minimum atomic E-state index is -0.452. The van der Waals surface area contributed by atoms with E-state index in [0.717, 1.165) is 31.8 Å². The molecule has 5 nitrogen and oxygen atoms in total. The number of rotatable bonds is 3. The van der Waals surface area contributed by atoms with Crippen LogP contribution in [0.4, 0.5) is 0 Å². The number of nitrogens with one attached hydrogen (secondary N) is 1. The van der Waals surface area contributed by atoms with Crippen molar-refractivity contribution in [2.24, 2.45) is 5.92 Å². The number of ether oxygens (including phenoxy) is 1. The molecular formula is C14H16ClN3O2. The van der Waals surface area contributed by atoms with Crippen LogP contribution >= 0.6 is 11.6 Å². The number of methoxy groups -OCH3 is 1. The average Bonchev–Trinajstić information content (AvgIpc) is 3.08. The number of hydrogen-bond donors (Lipinski definition) is 1. The molecule has 1 fully saturated rings. The molecule has 0 bridgehead atoms. The van der Waals surface area contributed by atoms with E-state index in [2.05, 4.69) is 10.3 Å². The van der Waals surface area contributed by atoms with Gasteiger partial charge in [0.15, 0.2) is 5.69 Å². The van der Waals surface area contributed by atoms with Crippen LogP contribution in [0.15, 0.2) is 18.3 Å². The Bertz CT molecular complexity index is 647. The molecule has 2 aromatic heterocycles. The molecule has 0 spiro atoms. The molecule has 2 aromatic rings. The number of pyridine rings is 1. The highest BCUT2D eigenvalue weighted by Crippen LogP contribution is 2.25. The molecule has 0 radical (unpaired) electrons. The van der Waals surface area contributed by atoms with Crippen molar-refractivity contribution in [3.8, 4) is 0 Å². The Morgan fingerprint density at radius 3 is 3.20 bits per heavy atom. The van der Waals surface area contributed by atoms with Crippen molar-refractivity contribution >= 4 is 23.1 Å². The third-order valence-corrected chi connectivity index (χ3v) is 4.01. The van der Waals surface area contributed by atoms with Crippen molar-refractivity contribution in [2.75, 3.05) is 20.2 Å². The zero-order chi connectivity index (χ0) is 14.1. The van der Waals surface area contributed by atoms with Crippen LogP contribution in [-0.2, 0) is 11.2 Å². The first kappa shape index (κ1) is 13.4. The normalized spacial score (nSPS) is 18.6. The van der Waals surface area contributed by atoms with Crippen LogP contribution in [0.3, 0.4) is 0 Å². The van der Waals surface area contributed by atoms with E-state index in [1.165, 1.54) is 7.11 Å². The summed E-state index contributed by atoms with van der Waals surface area (Å²) in [5, 5.41) is 3.85. The van der Waals surface area contributed by atoms with E-state index < -0.39 is 5.97 Å². The van der Waals surface area contributed by atoms with Crippen molar-refractivity contribution in [1.82, 2.24) is 14.7 Å². The Morgan fingerprint density at radius 2 is 2.50 bits per heavy atom. The van der Waals surface area contributed by atoms with Crippen molar-refractivity contribution in [1.29, 1.82) is 0 Å². The second-order valence-electron chi connectivity index (χ2n) is 5.01. The lowest BCUT2D eigenvalue weighted by atomic mass is 10.1. The lowest BCUT2D eigenvalue weighted by Gasteiger charge is -2.07. The molecule has 106 valence electrons. The smallest absolute Gasteiger partial charge is 0.358 e. The second kappa shape index (κ2) is 5.42. The molecule has 6 heteroatoms. The van der Waals surface area contributed by atoms with Gasteiger partial charge < -0.3 is 14.5 Å². The molecule has 0 amide bonds. The minimum absolute atomic E-state index is 0.291. The van der Waals surface area contributed by atoms with Crippen molar-refractivity contribution < 1.29 is 9.53 Å². The molecule has 3 rings (SSSR count). The van der Waals surface area contributed by atoms with Crippen LogP contribution in [0.1, 0.15) is 22.7 Å². The zero-order valence-corrected chi connectivity index (χ0v) is 12.0. The topological polar surface area (TPSA) is 55.6 Å². The van der Waals surface area contributed by atoms with E-state index in [1.807, 2.05) is 16.7 Å². The lowest BCUT2D eigenvalue weighted by Crippen LogP contribution is -2.12. The number of esters is 1. The molecule has 1 aliphatic rings. The van der Waals surface area contributed by atoms with Gasteiger partial charge in [-0.25, -0.2) is 9.78 Å². The number of hydrogen-bond acceptors (Lipinski definition) is 4. The van der Waals surface area contributed by atoms with E-state index in [9.17, 15) is 4.79 Å². The first-order valence-electron chi connectivity index (χ1n) is 6.65. The minimum Gasteiger partial charge on any atom is -0.464 e. The Balaban J connectivity index is 2.07. The third-order valence-electron chi connectivity index (χ3n) is 3.70. The van der Waals surface area contributed by atoms with Gasteiger partial charge >= 0.3 is 5.97 Å². The fraction of sp³-hybridized carbons (Fsp3) is 0.429. The zero-order valence-electron chi connectivity index (χ0n) is 11.2. The molecule has 1 atom stereocenters. The van der Waals surface area contributed by atoms with E-state index in [4.69, 9.17) is 16.3 Å². The van der Waals surface area contributed by atoms with Crippen LogP contribution in [0.25, 0.3) is 5.52 Å². The SMILES string of the molecule is COC(=O)c1nc(CC2CCNC2)n2cccc(Cl)c12. The Kier molecular flexibility index (Phi) is 3.63. The van der Waals surface area contributed by atoms with E-state index in [0.29, 0.717) is 22.2 Å². The summed E-state index contributed by atoms with van der Waals surface area (Å²) < 4.78 is 6.69. The van der Waals surface area contributed by atoms with Crippen molar-refractivity contribution in [2.45, 2.75) is 12.8 Å². The molecule has 0 aliphatic carbocycles. The quantitative estimate of drug-likeness (QED) is 0.879. The maximum Gasteiger partial charge on any atom is 0.358 e. The lowest BCUT2D eigenvalue weighted by molar-refractivity contribution is 0.0596. The number of imidazole rings is 1. The molecule has 1 saturated heterocycles. The average molecular weight is 294 g/mol. The Hall–Kier alpha value is -1.59. The summed E-state index contributed by atoms with van der Waals surface area (Å²) in [6, 6.07) is 3.61. The predicted octanol–water partition coefficient (Wildman–Crippen LogP) is 1.93. The number of halogens is 1. The summed E-state index contributed by atoms with van der Waals surface area (Å²) in [6.07, 6.45) is 3.84. The highest BCUT2D eigenvalue weighted by Gasteiger charge is 2.23. The molecule has 1 unspecified atom stereocenters. The van der Waals surface area contributed by atoms with Gasteiger partial charge in [-0.1, -0.05) is 11.6 Å². The van der Waals surface area contributed by atoms with Crippen LogP contribution in [0.2, 0.25) is 5.02 Å². The highest BCUT2D eigenvalue weighted by atomic mass is 35.5. The molecule has 1 aliphatic heterocycles. The summed E-state index contributed by atoms with van der Waals surface area (Å²) in [5.41, 5.74) is 0.918. The number of nitrogens with zero attached hydrogens (tertiary/aromatic N) is 2. The van der Waals surface area contributed by atoms with E-state index >= 15 is 0 Å². The Morgan fingerprint density at radius 1 is 1.65 bits per heavy atom. The van der Waals surface area contributed by atoms with E-state index in [-0.39, 0.29) is 0 Å². The van der Waals surface area contributed by atoms with Crippen LogP contribution < -0.4 is 5.32 Å². The summed E-state index contributed by atoms with van der Waals surface area (Å²) >= 11 is 6.21. The highest BCUT2D eigenvalue weighted by molar-refractivity contribution is 6.34. The molecule has 1 N–H and O–H groups in total. The van der Waals surface area contributed by atoms with Crippen molar-refractivity contribution in [3.05, 3.63) is 34.9 Å².